The van der Waals surface area contributed by atoms with Crippen LogP contribution in [0.25, 0.3) is 31.9 Å². The molecule has 0 heterocycles. The third kappa shape index (κ3) is 36.0. The van der Waals surface area contributed by atoms with Crippen LogP contribution in [0.4, 0.5) is 68.2 Å². The van der Waals surface area contributed by atoms with Crippen LogP contribution in [0.2, 0.25) is 0 Å². The predicted molar refractivity (Wildman–Crippen MR) is 541 cm³/mol. The zero-order valence-electron chi connectivity index (χ0n) is 82.0. The summed E-state index contributed by atoms with van der Waals surface area (Å²) < 4.78 is 0. The molecule has 12 aromatic carbocycles. The Morgan fingerprint density at radius 3 is 0.523 bits per heavy atom. The molecule has 12 rings (SSSR count). The standard InChI is InChI=1S/3C34H36N4.2C5H8O2.2Ni.2Zn/c3*1-21-9-13-29(14-10-21)35-33(37-31-25(5)17-23(3)18-26(31)6)34(36-30-15-11-22(2)12-16-30)38-32-27(7)19-24(4)20-28(32)8;2*1-4(6)3-5(2)7;;;;/h3*9-20H,1-8H3;2*3,6H,1-2H3;;;;/q3*-2;;;4*+2/p-2/b;;;2*4-3-;;;;. The van der Waals surface area contributed by atoms with Gasteiger partial charge in [-0.05, 0) is 327 Å². The van der Waals surface area contributed by atoms with Gasteiger partial charge >= 0.3 is 71.9 Å². The number of nitrogens with zero attached hydrogens (tertiary/aromatic N) is 12. The summed E-state index contributed by atoms with van der Waals surface area (Å²) in [6, 6.07) is 74.5. The number of hydrogen-bond donors (Lipinski definition) is 0. The molecule has 0 aliphatic carbocycles. The molecule has 0 radical (unpaired) electrons. The number of hydrogen-bond acceptors (Lipinski definition) is 10. The summed E-state index contributed by atoms with van der Waals surface area (Å²) in [4.78, 5) is 50.5. The number of carbonyl (C=O) groups is 2. The number of ketones is 2. The van der Waals surface area contributed by atoms with E-state index in [-0.39, 0.29) is 95.0 Å². The van der Waals surface area contributed by atoms with Crippen molar-refractivity contribution in [3.63, 3.8) is 0 Å². The van der Waals surface area contributed by atoms with Crippen LogP contribution in [-0.4, -0.2) is 46.6 Å². The molecule has 0 saturated heterocycles. The minimum Gasteiger partial charge on any atom is -0.876 e. The molecule has 0 aliphatic heterocycles. The van der Waals surface area contributed by atoms with Gasteiger partial charge < -0.3 is 72.1 Å². The van der Waals surface area contributed by atoms with Crippen molar-refractivity contribution >= 4 is 115 Å². The van der Waals surface area contributed by atoms with Crippen molar-refractivity contribution in [1.82, 2.24) is 0 Å². The minimum absolute atomic E-state index is 0. The fourth-order valence-electron chi connectivity index (χ4n) is 14.5. The molecule has 12 aromatic rings. The first-order valence-corrected chi connectivity index (χ1v) is 42.9. The normalized spacial score (nSPS) is 11.6. The summed E-state index contributed by atoms with van der Waals surface area (Å²) in [5.74, 6) is 2.10. The van der Waals surface area contributed by atoms with Gasteiger partial charge in [0.1, 0.15) is 0 Å². The SMILES string of the molecule is CC(=O)/C=C(/C)[O-].CC(=O)/C=C(/C)[O-].Cc1ccc(N=C([N-]c2c(C)cc(C)cc2C)C(=Nc2ccc(C)cc2)[N-]c2c(C)cc(C)cc2C)cc1.Cc1ccc([N-]C(=Nc2c(C)cc(C)cc2C)C(=Nc2c(C)cc(C)cc2C)[N-]c2ccc(C)cc2)cc1.Cc1ccc([N-]C(=Nc2c(C)cc(C)cc2C)C(=Nc2c(C)cc(C)cc2C)[N-]c2ccc(C)cc2)cc1.[Ni+2].[Ni+2].[Zn+2].[Zn+2]. The first-order chi connectivity index (χ1) is 60.5. The van der Waals surface area contributed by atoms with Crippen molar-refractivity contribution in [2.45, 2.75) is 194 Å². The molecular weight excluding hydrogens is 1830 g/mol. The maximum absolute atomic E-state index is 9.98. The summed E-state index contributed by atoms with van der Waals surface area (Å²) in [6.07, 6.45) is 2.11. The number of allylic oxidation sites excluding steroid dienone is 4. The molecule has 20 heteroatoms. The first-order valence-electron chi connectivity index (χ1n) is 42.9. The average Bonchev–Trinajstić information content (AvgIpc) is 0.811. The van der Waals surface area contributed by atoms with E-state index in [2.05, 4.69) is 312 Å². The zero-order chi connectivity index (χ0) is 93.9. The van der Waals surface area contributed by atoms with Crippen LogP contribution in [-0.2, 0) is 81.5 Å². The predicted octanol–water partition coefficient (Wildman–Crippen LogP) is 30.6. The Hall–Kier alpha value is -11.9. The van der Waals surface area contributed by atoms with Gasteiger partial charge in [0.15, 0.2) is 11.6 Å². The Balaban J connectivity index is 0.000000379. The van der Waals surface area contributed by atoms with Gasteiger partial charge in [0, 0.05) is 0 Å². The summed E-state index contributed by atoms with van der Waals surface area (Å²) in [5.41, 5.74) is 37.6. The molecule has 0 atom stereocenters. The van der Waals surface area contributed by atoms with Gasteiger partial charge in [0.25, 0.3) is 0 Å². The second-order valence-electron chi connectivity index (χ2n) is 33.5. The monoisotopic (exact) mass is 1940 g/mol. The zero-order valence-corrected chi connectivity index (χ0v) is 89.9. The van der Waals surface area contributed by atoms with Crippen molar-refractivity contribution in [3.8, 4) is 0 Å². The molecular formula is C112H122N12Ni2O4Zn2. The molecule has 0 bridgehead atoms. The maximum atomic E-state index is 9.98. The van der Waals surface area contributed by atoms with Crippen LogP contribution in [0.5, 0.6) is 0 Å². The number of rotatable bonds is 14. The number of aliphatic imine (C=N–C) groups is 6. The number of carbonyl (C=O) groups excluding carboxylic acids is 2. The van der Waals surface area contributed by atoms with Crippen molar-refractivity contribution in [3.05, 3.63) is 407 Å². The Morgan fingerprint density at radius 1 is 0.220 bits per heavy atom. The molecule has 16 nitrogen and oxygen atoms in total. The summed E-state index contributed by atoms with van der Waals surface area (Å²) in [7, 11) is 0. The second-order valence-corrected chi connectivity index (χ2v) is 33.5. The molecule has 678 valence electrons. The smallest absolute Gasteiger partial charge is 0.876 e. The van der Waals surface area contributed by atoms with Crippen molar-refractivity contribution in [2.75, 3.05) is 0 Å². The molecule has 0 amide bonds. The van der Waals surface area contributed by atoms with Gasteiger partial charge in [-0.1, -0.05) is 334 Å². The van der Waals surface area contributed by atoms with Gasteiger partial charge in [-0.15, -0.1) is 11.5 Å². The largest absolute Gasteiger partial charge is 2.00 e. The first kappa shape index (κ1) is 112. The van der Waals surface area contributed by atoms with Crippen molar-refractivity contribution in [1.29, 1.82) is 0 Å². The van der Waals surface area contributed by atoms with E-state index >= 15 is 0 Å². The van der Waals surface area contributed by atoms with Gasteiger partial charge in [0.2, 0.25) is 0 Å². The fourth-order valence-corrected chi connectivity index (χ4v) is 14.5. The third-order valence-electron chi connectivity index (χ3n) is 20.1. The minimum atomic E-state index is -0.187. The van der Waals surface area contributed by atoms with Crippen LogP contribution in [0.3, 0.4) is 0 Å². The fraction of sp³-hybridized carbons (Fsp3) is 0.250. The van der Waals surface area contributed by atoms with E-state index in [0.717, 1.165) is 147 Å². The third-order valence-corrected chi connectivity index (χ3v) is 20.1. The number of benzene rings is 12. The van der Waals surface area contributed by atoms with E-state index < -0.39 is 0 Å². The molecule has 0 aliphatic rings. The van der Waals surface area contributed by atoms with E-state index in [0.29, 0.717) is 35.0 Å². The average molecular weight is 1950 g/mol. The Morgan fingerprint density at radius 2 is 0.371 bits per heavy atom. The molecule has 0 N–H and O–H groups in total. The van der Waals surface area contributed by atoms with Gasteiger partial charge in [0.05, 0.1) is 0 Å². The van der Waals surface area contributed by atoms with E-state index in [1.54, 1.807) is 0 Å². The van der Waals surface area contributed by atoms with Crippen LogP contribution in [0.15, 0.2) is 272 Å². The van der Waals surface area contributed by atoms with E-state index in [1.165, 1.54) is 94.5 Å². The van der Waals surface area contributed by atoms with Crippen LogP contribution >= 0.6 is 0 Å². The maximum Gasteiger partial charge on any atom is 2.00 e. The Labute approximate surface area is 831 Å². The number of aryl methyl sites for hydroxylation is 24. The van der Waals surface area contributed by atoms with E-state index in [4.69, 9.17) is 61.9 Å². The topological polar surface area (TPSA) is 239 Å². The van der Waals surface area contributed by atoms with Crippen LogP contribution < -0.4 is 10.2 Å². The quantitative estimate of drug-likeness (QED) is 0.0339. The van der Waals surface area contributed by atoms with Crippen LogP contribution in [0.1, 0.15) is 161 Å². The summed E-state index contributed by atoms with van der Waals surface area (Å²) >= 11 is 0. The molecule has 0 spiro atoms. The molecule has 0 unspecified atom stereocenters. The van der Waals surface area contributed by atoms with Crippen molar-refractivity contribution < 1.29 is 91.7 Å². The van der Waals surface area contributed by atoms with Gasteiger partial charge in [-0.25, -0.2) is 0 Å². The van der Waals surface area contributed by atoms with Crippen LogP contribution in [0, 0.1) is 166 Å². The number of amidine groups is 6. The molecule has 0 aromatic heterocycles. The summed E-state index contributed by atoms with van der Waals surface area (Å²) in [5, 5.41) is 50.3. The Kier molecular flexibility index (Phi) is 45.6. The second kappa shape index (κ2) is 53.6. The molecule has 132 heavy (non-hydrogen) atoms. The molecule has 0 saturated carbocycles. The summed E-state index contributed by atoms with van der Waals surface area (Å²) in [6.45, 7) is 55.5. The van der Waals surface area contributed by atoms with Crippen molar-refractivity contribution in [2.24, 2.45) is 30.0 Å². The molecule has 0 fully saturated rings. The Bertz CT molecular complexity index is 5470. The van der Waals surface area contributed by atoms with E-state index in [1.807, 2.05) is 72.8 Å². The van der Waals surface area contributed by atoms with Gasteiger partial charge in [-0.2, -0.15) is 0 Å². The van der Waals surface area contributed by atoms with Gasteiger partial charge in [-0.3, -0.25) is 9.59 Å². The van der Waals surface area contributed by atoms with E-state index in [9.17, 15) is 19.8 Å².